The number of aromatic nitrogens is 1. The second-order valence-corrected chi connectivity index (χ2v) is 23.6. The SMILES string of the molecule is c1ccc(-c2cccc(N3c4cc(C(c5ccccc5)c5ccccc5)ccc4B4c5ccc6c(c5N(c5cccc(-c7ccccc7)c5)c5cc(N(c7ccccc7)c7ccccc7)cc3c54)c3ccccc3n6-c3cccc(-c4ccccc4)c3)c2)cc1. The van der Waals surface area contributed by atoms with Crippen molar-refractivity contribution in [2.45, 2.75) is 5.92 Å². The first-order valence-corrected chi connectivity index (χ1v) is 31.1. The summed E-state index contributed by atoms with van der Waals surface area (Å²) in [7, 11) is 0. The van der Waals surface area contributed by atoms with Crippen LogP contribution in [-0.4, -0.2) is 11.3 Å². The van der Waals surface area contributed by atoms with E-state index in [1.54, 1.807) is 0 Å². The van der Waals surface area contributed by atoms with E-state index in [4.69, 9.17) is 0 Å². The molecular weight excluding hydrogens is 1090 g/mol. The predicted octanol–water partition coefficient (Wildman–Crippen LogP) is 20.5. The van der Waals surface area contributed by atoms with Gasteiger partial charge in [0.05, 0.1) is 22.4 Å². The van der Waals surface area contributed by atoms with Gasteiger partial charge in [-0.15, -0.1) is 0 Å². The fraction of sp³-hybridized carbons (Fsp3) is 0.0118. The van der Waals surface area contributed by atoms with Gasteiger partial charge >= 0.3 is 0 Å². The zero-order chi connectivity index (χ0) is 59.5. The van der Waals surface area contributed by atoms with Crippen LogP contribution in [0.15, 0.2) is 352 Å². The summed E-state index contributed by atoms with van der Waals surface area (Å²) < 4.78 is 2.50. The molecule has 4 nitrogen and oxygen atoms in total. The number of rotatable bonds is 12. The molecule has 0 aliphatic carbocycles. The lowest BCUT2D eigenvalue weighted by Crippen LogP contribution is -2.61. The van der Waals surface area contributed by atoms with E-state index in [-0.39, 0.29) is 12.6 Å². The highest BCUT2D eigenvalue weighted by atomic mass is 15.2. The summed E-state index contributed by atoms with van der Waals surface area (Å²) >= 11 is 0. The first-order valence-electron chi connectivity index (χ1n) is 31.1. The number of hydrogen-bond donors (Lipinski definition) is 0. The number of hydrogen-bond acceptors (Lipinski definition) is 3. The van der Waals surface area contributed by atoms with Crippen molar-refractivity contribution >= 4 is 96.1 Å². The van der Waals surface area contributed by atoms with Gasteiger partial charge in [-0.05, 0) is 157 Å². The monoisotopic (exact) mass is 1150 g/mol. The topological polar surface area (TPSA) is 14.7 Å². The van der Waals surface area contributed by atoms with Gasteiger partial charge in [-0.25, -0.2) is 0 Å². The molecule has 0 radical (unpaired) electrons. The molecule has 17 rings (SSSR count). The van der Waals surface area contributed by atoms with Crippen LogP contribution in [0.1, 0.15) is 22.6 Å². The van der Waals surface area contributed by atoms with Gasteiger partial charge < -0.3 is 19.3 Å². The average molecular weight is 1150 g/mol. The Morgan fingerprint density at radius 1 is 0.278 bits per heavy atom. The zero-order valence-corrected chi connectivity index (χ0v) is 49.4. The lowest BCUT2D eigenvalue weighted by Gasteiger charge is -2.45. The van der Waals surface area contributed by atoms with Crippen LogP contribution in [0.2, 0.25) is 0 Å². The molecule has 15 aromatic rings. The summed E-state index contributed by atoms with van der Waals surface area (Å²) in [6.07, 6.45) is 0. The summed E-state index contributed by atoms with van der Waals surface area (Å²) in [5.74, 6) is -0.0395. The van der Waals surface area contributed by atoms with Gasteiger partial charge in [-0.1, -0.05) is 261 Å². The number of nitrogens with zero attached hydrogens (tertiary/aromatic N) is 4. The molecule has 422 valence electrons. The molecule has 0 atom stereocenters. The molecular formula is C85H59BN4. The van der Waals surface area contributed by atoms with Gasteiger partial charge in [-0.3, -0.25) is 0 Å². The first kappa shape index (κ1) is 52.7. The van der Waals surface area contributed by atoms with Crippen molar-refractivity contribution in [3.8, 4) is 39.1 Å². The Morgan fingerprint density at radius 2 is 0.711 bits per heavy atom. The normalized spacial score (nSPS) is 12.3. The van der Waals surface area contributed by atoms with E-state index in [0.29, 0.717) is 0 Å². The summed E-state index contributed by atoms with van der Waals surface area (Å²) in [4.78, 5) is 7.67. The molecule has 0 spiro atoms. The molecule has 0 fully saturated rings. The third-order valence-electron chi connectivity index (χ3n) is 18.4. The van der Waals surface area contributed by atoms with Gasteiger partial charge in [0, 0.05) is 62.2 Å². The van der Waals surface area contributed by atoms with Crippen LogP contribution in [0.5, 0.6) is 0 Å². The molecule has 90 heavy (non-hydrogen) atoms. The number of benzene rings is 14. The highest BCUT2D eigenvalue weighted by Crippen LogP contribution is 2.52. The van der Waals surface area contributed by atoms with Crippen molar-refractivity contribution in [1.29, 1.82) is 0 Å². The van der Waals surface area contributed by atoms with Crippen molar-refractivity contribution < 1.29 is 0 Å². The fourth-order valence-electron chi connectivity index (χ4n) is 14.5. The van der Waals surface area contributed by atoms with Crippen LogP contribution in [0.25, 0.3) is 60.9 Å². The van der Waals surface area contributed by atoms with E-state index >= 15 is 0 Å². The Bertz CT molecular complexity index is 5050. The van der Waals surface area contributed by atoms with E-state index in [1.807, 2.05) is 0 Å². The van der Waals surface area contributed by atoms with Gasteiger partial charge in [0.2, 0.25) is 0 Å². The molecule has 5 heteroatoms. The maximum absolute atomic E-state index is 2.63. The average Bonchev–Trinajstić information content (AvgIpc) is 1.10. The van der Waals surface area contributed by atoms with Crippen LogP contribution in [0.3, 0.4) is 0 Å². The van der Waals surface area contributed by atoms with Crippen LogP contribution >= 0.6 is 0 Å². The highest BCUT2D eigenvalue weighted by molar-refractivity contribution is 7.00. The van der Waals surface area contributed by atoms with E-state index < -0.39 is 0 Å². The number of fused-ring (bicyclic) bond motifs is 8. The summed E-state index contributed by atoms with van der Waals surface area (Å²) in [6.45, 7) is -0.202. The quantitative estimate of drug-likeness (QED) is 0.0895. The van der Waals surface area contributed by atoms with Gasteiger partial charge in [0.15, 0.2) is 0 Å². The predicted molar refractivity (Wildman–Crippen MR) is 380 cm³/mol. The standard InChI is InChI=1S/C85H59BN4/c1-8-27-59(28-9-1)64-37-24-44-70(53-64)88-77-48-23-22-47-74(77)83-78(88)52-51-76-85(83)90(72-46-26-39-66(55-72)61-31-12-3-13-32-61)81-58-73(87(68-40-18-6-19-41-68)69-42-20-7-21-43-69)57-80-84(81)86(76)75-50-49-67(82(62-33-14-4-15-34-62)63-35-16-5-17-36-63)56-79(75)89(80)71-45-25-38-65(54-71)60-29-10-2-11-30-60/h1-58,82H. The van der Waals surface area contributed by atoms with Crippen LogP contribution < -0.4 is 31.1 Å². The molecule has 0 N–H and O–H groups in total. The summed E-state index contributed by atoms with van der Waals surface area (Å²) in [5.41, 5.74) is 27.7. The second kappa shape index (κ2) is 22.2. The lowest BCUT2D eigenvalue weighted by molar-refractivity contribution is 0.977. The molecule has 0 bridgehead atoms. The minimum atomic E-state index is -0.202. The van der Waals surface area contributed by atoms with Crippen molar-refractivity contribution in [1.82, 2.24) is 4.57 Å². The van der Waals surface area contributed by atoms with Crippen molar-refractivity contribution in [2.24, 2.45) is 0 Å². The molecule has 2 aliphatic heterocycles. The van der Waals surface area contributed by atoms with E-state index in [9.17, 15) is 0 Å². The maximum Gasteiger partial charge on any atom is 0.252 e. The summed E-state index contributed by atoms with van der Waals surface area (Å²) in [6, 6.07) is 130. The minimum absolute atomic E-state index is 0.0395. The van der Waals surface area contributed by atoms with Gasteiger partial charge in [0.1, 0.15) is 0 Å². The third-order valence-corrected chi connectivity index (χ3v) is 18.4. The van der Waals surface area contributed by atoms with Gasteiger partial charge in [-0.2, -0.15) is 0 Å². The van der Waals surface area contributed by atoms with Crippen LogP contribution in [0, 0.1) is 0 Å². The largest absolute Gasteiger partial charge is 0.311 e. The van der Waals surface area contributed by atoms with Crippen molar-refractivity contribution in [2.75, 3.05) is 14.7 Å². The fourth-order valence-corrected chi connectivity index (χ4v) is 14.5. The van der Waals surface area contributed by atoms with Crippen molar-refractivity contribution in [3.63, 3.8) is 0 Å². The lowest BCUT2D eigenvalue weighted by atomic mass is 9.33. The molecule has 0 amide bonds. The van der Waals surface area contributed by atoms with E-state index in [0.717, 1.165) is 78.9 Å². The van der Waals surface area contributed by atoms with Crippen molar-refractivity contribution in [3.05, 3.63) is 369 Å². The van der Waals surface area contributed by atoms with E-state index in [1.165, 1.54) is 66.2 Å². The number of para-hydroxylation sites is 3. The molecule has 0 unspecified atom stereocenters. The Morgan fingerprint density at radius 3 is 1.26 bits per heavy atom. The smallest absolute Gasteiger partial charge is 0.252 e. The molecule has 0 saturated carbocycles. The minimum Gasteiger partial charge on any atom is -0.311 e. The molecule has 14 aromatic carbocycles. The van der Waals surface area contributed by atoms with Crippen LogP contribution in [0.4, 0.5) is 51.2 Å². The second-order valence-electron chi connectivity index (χ2n) is 23.6. The first-order chi connectivity index (χ1) is 44.7. The van der Waals surface area contributed by atoms with Gasteiger partial charge in [0.25, 0.3) is 6.71 Å². The Kier molecular flexibility index (Phi) is 13.0. The molecule has 2 aliphatic rings. The Hall–Kier alpha value is -11.7. The number of anilines is 9. The maximum atomic E-state index is 2.63. The third kappa shape index (κ3) is 9.01. The Labute approximate surface area is 525 Å². The van der Waals surface area contributed by atoms with E-state index in [2.05, 4.69) is 371 Å². The van der Waals surface area contributed by atoms with Crippen LogP contribution in [-0.2, 0) is 0 Å². The molecule has 0 saturated heterocycles. The summed E-state index contributed by atoms with van der Waals surface area (Å²) in [5, 5.41) is 2.39. The highest BCUT2D eigenvalue weighted by Gasteiger charge is 2.45. The zero-order valence-electron chi connectivity index (χ0n) is 49.4. The molecule has 1 aromatic heterocycles. The Balaban J connectivity index is 1.02. The molecule has 3 heterocycles.